The molecule has 1 unspecified atom stereocenters. The molecular formula is C3H7NO5S. The van der Waals surface area contributed by atoms with Crippen LogP contribution in [0.4, 0.5) is 0 Å². The van der Waals surface area contributed by atoms with Crippen molar-refractivity contribution >= 4 is 16.1 Å². The Labute approximate surface area is 57.4 Å². The number of rotatable bonds is 3. The van der Waals surface area contributed by atoms with Crippen molar-refractivity contribution in [2.24, 2.45) is 5.73 Å². The zero-order chi connectivity index (χ0) is 8.36. The van der Waals surface area contributed by atoms with Gasteiger partial charge in [-0.15, -0.1) is 0 Å². The molecule has 0 aliphatic heterocycles. The third kappa shape index (κ3) is 3.38. The largest absolute Gasteiger partial charge is 0.481 e. The highest BCUT2D eigenvalue weighted by atomic mass is 32.2. The zero-order valence-corrected chi connectivity index (χ0v) is 5.71. The van der Waals surface area contributed by atoms with Gasteiger partial charge in [0.2, 0.25) is 0 Å². The van der Waals surface area contributed by atoms with E-state index in [1.807, 2.05) is 0 Å². The summed E-state index contributed by atoms with van der Waals surface area (Å²) >= 11 is 0. The number of carboxylic acids is 1. The van der Waals surface area contributed by atoms with Crippen molar-refractivity contribution < 1.29 is 22.9 Å². The molecule has 0 bridgehead atoms. The van der Waals surface area contributed by atoms with Gasteiger partial charge >= 0.3 is 5.97 Å². The molecule has 4 N–H and O–H groups in total. The fraction of sp³-hybridized carbons (Fsp3) is 0.667. The summed E-state index contributed by atoms with van der Waals surface area (Å²) in [6, 6.07) is 0. The third-order valence-corrected chi connectivity index (χ3v) is 1.69. The maximum absolute atomic E-state index is 10.0. The van der Waals surface area contributed by atoms with Crippen LogP contribution in [0.15, 0.2) is 0 Å². The lowest BCUT2D eigenvalue weighted by molar-refractivity contribution is -0.137. The van der Waals surface area contributed by atoms with E-state index in [0.29, 0.717) is 0 Å². The number of hydrogen-bond acceptors (Lipinski definition) is 4. The van der Waals surface area contributed by atoms with Gasteiger partial charge in [-0.25, -0.2) is 0 Å². The summed E-state index contributed by atoms with van der Waals surface area (Å²) in [5.74, 6) is -1.37. The van der Waals surface area contributed by atoms with Crippen molar-refractivity contribution in [3.05, 3.63) is 0 Å². The molecule has 0 aliphatic rings. The minimum absolute atomic E-state index is 0.793. The molecule has 0 rings (SSSR count). The van der Waals surface area contributed by atoms with Crippen molar-refractivity contribution in [3.63, 3.8) is 0 Å². The van der Waals surface area contributed by atoms with Gasteiger partial charge in [0.15, 0.2) is 0 Å². The number of hydrogen-bond donors (Lipinski definition) is 3. The van der Waals surface area contributed by atoms with E-state index in [2.05, 4.69) is 0 Å². The Bertz CT molecular complexity index is 219. The lowest BCUT2D eigenvalue weighted by Gasteiger charge is -2.02. The van der Waals surface area contributed by atoms with Crippen LogP contribution in [0.2, 0.25) is 0 Å². The highest BCUT2D eigenvalue weighted by Gasteiger charge is 2.20. The third-order valence-electron chi connectivity index (χ3n) is 0.758. The van der Waals surface area contributed by atoms with Crippen molar-refractivity contribution in [1.82, 2.24) is 0 Å². The van der Waals surface area contributed by atoms with Crippen LogP contribution in [-0.4, -0.2) is 29.4 Å². The van der Waals surface area contributed by atoms with E-state index >= 15 is 0 Å². The van der Waals surface area contributed by atoms with E-state index in [1.54, 1.807) is 0 Å². The number of nitrogens with two attached hydrogens (primary N) is 1. The van der Waals surface area contributed by atoms with Gasteiger partial charge in [-0.05, 0) is 0 Å². The molecule has 0 fully saturated rings. The van der Waals surface area contributed by atoms with Crippen LogP contribution >= 0.6 is 0 Å². The van der Waals surface area contributed by atoms with Gasteiger partial charge in [-0.3, -0.25) is 9.35 Å². The van der Waals surface area contributed by atoms with Crippen molar-refractivity contribution in [2.75, 3.05) is 0 Å². The van der Waals surface area contributed by atoms with Gasteiger partial charge < -0.3 is 10.8 Å². The Morgan fingerprint density at radius 3 is 2.10 bits per heavy atom. The van der Waals surface area contributed by atoms with Crippen LogP contribution in [0.1, 0.15) is 6.42 Å². The topological polar surface area (TPSA) is 118 Å². The van der Waals surface area contributed by atoms with Crippen LogP contribution in [0.3, 0.4) is 0 Å². The molecule has 0 aromatic carbocycles. The van der Waals surface area contributed by atoms with E-state index in [0.717, 1.165) is 0 Å². The molecule has 6 nitrogen and oxygen atoms in total. The summed E-state index contributed by atoms with van der Waals surface area (Å²) in [6.45, 7) is 0. The molecule has 0 radical (unpaired) electrons. The van der Waals surface area contributed by atoms with E-state index in [1.165, 1.54) is 0 Å². The smallest absolute Gasteiger partial charge is 0.306 e. The van der Waals surface area contributed by atoms with Crippen molar-refractivity contribution in [3.8, 4) is 0 Å². The second-order valence-electron chi connectivity index (χ2n) is 1.65. The molecule has 0 saturated carbocycles. The van der Waals surface area contributed by atoms with Crippen LogP contribution in [0.25, 0.3) is 0 Å². The van der Waals surface area contributed by atoms with Gasteiger partial charge in [0.25, 0.3) is 10.1 Å². The molecule has 0 aromatic rings. The SMILES string of the molecule is NC(CC(=O)O)S(=O)(=O)O. The molecule has 7 heteroatoms. The van der Waals surface area contributed by atoms with Crippen LogP contribution < -0.4 is 5.73 Å². The summed E-state index contributed by atoms with van der Waals surface area (Å²) in [5.41, 5.74) is 4.73. The van der Waals surface area contributed by atoms with Gasteiger partial charge in [0.1, 0.15) is 5.37 Å². The highest BCUT2D eigenvalue weighted by molar-refractivity contribution is 7.86. The first-order chi connectivity index (χ1) is 4.34. The summed E-state index contributed by atoms with van der Waals surface area (Å²) in [4.78, 5) is 9.80. The minimum Gasteiger partial charge on any atom is -0.481 e. The normalized spacial score (nSPS) is 14.6. The maximum Gasteiger partial charge on any atom is 0.306 e. The second-order valence-corrected chi connectivity index (χ2v) is 3.29. The highest BCUT2D eigenvalue weighted by Crippen LogP contribution is 1.95. The quantitative estimate of drug-likeness (QED) is 0.449. The summed E-state index contributed by atoms with van der Waals surface area (Å²) in [7, 11) is -4.40. The predicted octanol–water partition coefficient (Wildman–Crippen LogP) is -1.37. The van der Waals surface area contributed by atoms with E-state index in [9.17, 15) is 13.2 Å². The molecule has 60 valence electrons. The van der Waals surface area contributed by atoms with Crippen LogP contribution in [-0.2, 0) is 14.9 Å². The molecule has 0 aliphatic carbocycles. The molecule has 0 saturated heterocycles. The van der Waals surface area contributed by atoms with Gasteiger partial charge in [-0.1, -0.05) is 0 Å². The summed E-state index contributed by atoms with van der Waals surface area (Å²) in [5, 5.41) is 6.26. The average Bonchev–Trinajstić information content (AvgIpc) is 1.60. The summed E-state index contributed by atoms with van der Waals surface area (Å²) in [6.07, 6.45) is -0.793. The lowest BCUT2D eigenvalue weighted by Crippen LogP contribution is -2.32. The monoisotopic (exact) mass is 169 g/mol. The van der Waals surface area contributed by atoms with E-state index < -0.39 is 27.9 Å². The summed E-state index contributed by atoms with van der Waals surface area (Å²) < 4.78 is 28.2. The Kier molecular flexibility index (Phi) is 2.76. The molecule has 0 amide bonds. The lowest BCUT2D eigenvalue weighted by atomic mass is 10.4. The zero-order valence-electron chi connectivity index (χ0n) is 4.89. The Hall–Kier alpha value is -0.660. The molecule has 0 spiro atoms. The van der Waals surface area contributed by atoms with Gasteiger partial charge in [0, 0.05) is 0 Å². The number of carboxylic acid groups (broad SMARTS) is 1. The first-order valence-corrected chi connectivity index (χ1v) is 3.78. The number of carbonyl (C=O) groups is 1. The number of aliphatic carboxylic acids is 1. The van der Waals surface area contributed by atoms with E-state index in [-0.39, 0.29) is 0 Å². The predicted molar refractivity (Wildman–Crippen MR) is 31.8 cm³/mol. The van der Waals surface area contributed by atoms with Gasteiger partial charge in [0.05, 0.1) is 6.42 Å². The van der Waals surface area contributed by atoms with Crippen molar-refractivity contribution in [1.29, 1.82) is 0 Å². The van der Waals surface area contributed by atoms with E-state index in [4.69, 9.17) is 15.4 Å². The fourth-order valence-electron chi connectivity index (χ4n) is 0.277. The Balaban J connectivity index is 4.12. The average molecular weight is 169 g/mol. The standard InChI is InChI=1S/C3H7NO5S/c4-2(1-3(5)6)10(7,8)9/h2H,1,4H2,(H,5,6)(H,7,8,9). The first-order valence-electron chi connectivity index (χ1n) is 2.27. The molecule has 0 aromatic heterocycles. The van der Waals surface area contributed by atoms with Crippen LogP contribution in [0, 0.1) is 0 Å². The molecular weight excluding hydrogens is 162 g/mol. The Morgan fingerprint density at radius 2 is 2.00 bits per heavy atom. The molecule has 10 heavy (non-hydrogen) atoms. The van der Waals surface area contributed by atoms with Crippen molar-refractivity contribution in [2.45, 2.75) is 11.8 Å². The first kappa shape index (κ1) is 9.34. The molecule has 0 heterocycles. The Morgan fingerprint density at radius 1 is 1.60 bits per heavy atom. The van der Waals surface area contributed by atoms with Crippen LogP contribution in [0.5, 0.6) is 0 Å². The fourth-order valence-corrected chi connectivity index (χ4v) is 0.631. The maximum atomic E-state index is 10.0. The minimum atomic E-state index is -4.40. The van der Waals surface area contributed by atoms with Gasteiger partial charge in [-0.2, -0.15) is 8.42 Å². The molecule has 1 atom stereocenters. The second kappa shape index (κ2) is 2.95.